The average molecular weight is 353 g/mol. The first-order chi connectivity index (χ1) is 11.6. The minimum Gasteiger partial charge on any atom is -0.504 e. The standard InChI is InChI=1S/C18H28N2O3S/c1-3-4-5-6-7-8-9-17(22)20-18(24)19-13-14-10-11-15(21)16(12-14)23-2/h10-12,21H,3-9,13H2,1-2H3,(H2,19,20,22,24). The van der Waals surface area contributed by atoms with Crippen LogP contribution >= 0.6 is 12.2 Å². The summed E-state index contributed by atoms with van der Waals surface area (Å²) in [4.78, 5) is 11.8. The molecule has 0 saturated heterocycles. The molecule has 0 saturated carbocycles. The molecule has 6 heteroatoms. The summed E-state index contributed by atoms with van der Waals surface area (Å²) >= 11 is 5.13. The number of hydrogen-bond acceptors (Lipinski definition) is 4. The van der Waals surface area contributed by atoms with Gasteiger partial charge in [0.15, 0.2) is 16.6 Å². The van der Waals surface area contributed by atoms with Crippen LogP contribution in [-0.4, -0.2) is 23.2 Å². The van der Waals surface area contributed by atoms with E-state index in [4.69, 9.17) is 17.0 Å². The largest absolute Gasteiger partial charge is 0.504 e. The van der Waals surface area contributed by atoms with Crippen molar-refractivity contribution in [3.63, 3.8) is 0 Å². The maximum absolute atomic E-state index is 11.8. The fourth-order valence-corrected chi connectivity index (χ4v) is 2.50. The predicted molar refractivity (Wildman–Crippen MR) is 100 cm³/mol. The van der Waals surface area contributed by atoms with Gasteiger partial charge in [-0.2, -0.15) is 0 Å². The molecule has 1 aromatic carbocycles. The van der Waals surface area contributed by atoms with Crippen molar-refractivity contribution >= 4 is 23.2 Å². The first-order valence-corrected chi connectivity index (χ1v) is 8.91. The van der Waals surface area contributed by atoms with Gasteiger partial charge in [0.2, 0.25) is 5.91 Å². The third-order valence-corrected chi connectivity index (χ3v) is 3.95. The van der Waals surface area contributed by atoms with Gasteiger partial charge in [-0.05, 0) is 36.3 Å². The quantitative estimate of drug-likeness (QED) is 0.443. The number of ether oxygens (including phenoxy) is 1. The molecular formula is C18H28N2O3S. The van der Waals surface area contributed by atoms with Crippen molar-refractivity contribution in [2.75, 3.05) is 7.11 Å². The van der Waals surface area contributed by atoms with Crippen molar-refractivity contribution in [1.29, 1.82) is 0 Å². The Morgan fingerprint density at radius 1 is 1.21 bits per heavy atom. The van der Waals surface area contributed by atoms with E-state index in [1.54, 1.807) is 18.2 Å². The maximum atomic E-state index is 11.8. The van der Waals surface area contributed by atoms with Gasteiger partial charge in [0.1, 0.15) is 0 Å². The van der Waals surface area contributed by atoms with Crippen LogP contribution in [0.1, 0.15) is 57.4 Å². The second-order valence-electron chi connectivity index (χ2n) is 5.75. The van der Waals surface area contributed by atoms with E-state index < -0.39 is 0 Å². The predicted octanol–water partition coefficient (Wildman–Crippen LogP) is 3.64. The van der Waals surface area contributed by atoms with Gasteiger partial charge >= 0.3 is 0 Å². The molecule has 134 valence electrons. The van der Waals surface area contributed by atoms with Crippen molar-refractivity contribution in [2.24, 2.45) is 0 Å². The van der Waals surface area contributed by atoms with Gasteiger partial charge in [0, 0.05) is 13.0 Å². The van der Waals surface area contributed by atoms with Crippen LogP contribution in [-0.2, 0) is 11.3 Å². The number of carbonyl (C=O) groups excluding carboxylic acids is 1. The SMILES string of the molecule is CCCCCCCCC(=O)NC(=S)NCc1ccc(O)c(OC)c1. The molecule has 5 nitrogen and oxygen atoms in total. The van der Waals surface area contributed by atoms with Crippen LogP contribution in [0.15, 0.2) is 18.2 Å². The molecule has 0 unspecified atom stereocenters. The lowest BCUT2D eigenvalue weighted by Gasteiger charge is -2.11. The Labute approximate surface area is 149 Å². The molecule has 0 radical (unpaired) electrons. The maximum Gasteiger partial charge on any atom is 0.226 e. The Morgan fingerprint density at radius 2 is 1.92 bits per heavy atom. The van der Waals surface area contributed by atoms with Crippen LogP contribution in [0, 0.1) is 0 Å². The summed E-state index contributed by atoms with van der Waals surface area (Å²) in [6.45, 7) is 2.64. The van der Waals surface area contributed by atoms with E-state index in [2.05, 4.69) is 17.6 Å². The highest BCUT2D eigenvalue weighted by molar-refractivity contribution is 7.80. The molecule has 1 aromatic rings. The molecule has 0 aromatic heterocycles. The number of unbranched alkanes of at least 4 members (excludes halogenated alkanes) is 5. The molecule has 0 fully saturated rings. The number of thiocarbonyl (C=S) groups is 1. The zero-order chi connectivity index (χ0) is 17.8. The van der Waals surface area contributed by atoms with Crippen molar-refractivity contribution in [2.45, 2.75) is 58.4 Å². The molecule has 1 amide bonds. The molecule has 3 N–H and O–H groups in total. The van der Waals surface area contributed by atoms with Crippen LogP contribution < -0.4 is 15.4 Å². The Balaban J connectivity index is 2.22. The lowest BCUT2D eigenvalue weighted by atomic mass is 10.1. The molecule has 0 atom stereocenters. The third-order valence-electron chi connectivity index (χ3n) is 3.71. The summed E-state index contributed by atoms with van der Waals surface area (Å²) in [5, 5.41) is 15.5. The number of amides is 1. The summed E-state index contributed by atoms with van der Waals surface area (Å²) in [6.07, 6.45) is 7.41. The number of nitrogens with one attached hydrogen (secondary N) is 2. The minimum absolute atomic E-state index is 0.0497. The van der Waals surface area contributed by atoms with Crippen molar-refractivity contribution in [1.82, 2.24) is 10.6 Å². The molecule has 24 heavy (non-hydrogen) atoms. The average Bonchev–Trinajstić information content (AvgIpc) is 2.57. The fourth-order valence-electron chi connectivity index (χ4n) is 2.31. The van der Waals surface area contributed by atoms with Crippen LogP contribution in [0.2, 0.25) is 0 Å². The van der Waals surface area contributed by atoms with Gasteiger partial charge in [-0.15, -0.1) is 0 Å². The van der Waals surface area contributed by atoms with Gasteiger partial charge in [0.25, 0.3) is 0 Å². The summed E-state index contributed by atoms with van der Waals surface area (Å²) in [5.41, 5.74) is 0.900. The first-order valence-electron chi connectivity index (χ1n) is 8.50. The number of carbonyl (C=O) groups is 1. The highest BCUT2D eigenvalue weighted by Gasteiger charge is 2.06. The van der Waals surface area contributed by atoms with E-state index >= 15 is 0 Å². The van der Waals surface area contributed by atoms with Crippen LogP contribution in [0.4, 0.5) is 0 Å². The number of hydrogen-bond donors (Lipinski definition) is 3. The Hall–Kier alpha value is -1.82. The Morgan fingerprint density at radius 3 is 2.62 bits per heavy atom. The monoisotopic (exact) mass is 352 g/mol. The number of rotatable bonds is 10. The number of aromatic hydroxyl groups is 1. The molecule has 0 heterocycles. The molecule has 0 aliphatic rings. The van der Waals surface area contributed by atoms with Gasteiger partial charge in [-0.1, -0.05) is 45.1 Å². The fraction of sp³-hybridized carbons (Fsp3) is 0.556. The summed E-state index contributed by atoms with van der Waals surface area (Å²) in [7, 11) is 1.50. The number of benzene rings is 1. The van der Waals surface area contributed by atoms with Crippen LogP contribution in [0.5, 0.6) is 11.5 Å². The molecule has 1 rings (SSSR count). The number of phenolic OH excluding ortho intramolecular Hbond substituents is 1. The van der Waals surface area contributed by atoms with Crippen molar-refractivity contribution < 1.29 is 14.6 Å². The van der Waals surface area contributed by atoms with Crippen LogP contribution in [0.3, 0.4) is 0 Å². The zero-order valence-corrected chi connectivity index (χ0v) is 15.4. The normalized spacial score (nSPS) is 10.2. The van der Waals surface area contributed by atoms with Crippen molar-refractivity contribution in [3.05, 3.63) is 23.8 Å². The van der Waals surface area contributed by atoms with Gasteiger partial charge in [-0.3, -0.25) is 4.79 Å². The van der Waals surface area contributed by atoms with E-state index in [1.165, 1.54) is 32.8 Å². The zero-order valence-electron chi connectivity index (χ0n) is 14.6. The van der Waals surface area contributed by atoms with E-state index in [0.717, 1.165) is 18.4 Å². The topological polar surface area (TPSA) is 70.6 Å². The molecule has 0 aliphatic heterocycles. The molecule has 0 aliphatic carbocycles. The van der Waals surface area contributed by atoms with Crippen molar-refractivity contribution in [3.8, 4) is 11.5 Å². The van der Waals surface area contributed by atoms with Gasteiger partial charge < -0.3 is 20.5 Å². The first kappa shape index (κ1) is 20.2. The molecular weight excluding hydrogens is 324 g/mol. The highest BCUT2D eigenvalue weighted by atomic mass is 32.1. The van der Waals surface area contributed by atoms with Crippen LogP contribution in [0.25, 0.3) is 0 Å². The number of phenols is 1. The summed E-state index contributed by atoms with van der Waals surface area (Å²) < 4.78 is 5.06. The highest BCUT2D eigenvalue weighted by Crippen LogP contribution is 2.26. The third kappa shape index (κ3) is 8.15. The lowest BCUT2D eigenvalue weighted by molar-refractivity contribution is -0.119. The molecule has 0 bridgehead atoms. The van der Waals surface area contributed by atoms with E-state index in [1.807, 2.05) is 0 Å². The lowest BCUT2D eigenvalue weighted by Crippen LogP contribution is -2.38. The number of methoxy groups -OCH3 is 1. The van der Waals surface area contributed by atoms with E-state index in [0.29, 0.717) is 23.8 Å². The smallest absolute Gasteiger partial charge is 0.226 e. The Kier molecular flexibility index (Phi) is 9.84. The summed E-state index contributed by atoms with van der Waals surface area (Å²) in [6, 6.07) is 5.06. The second kappa shape index (κ2) is 11.7. The molecule has 0 spiro atoms. The van der Waals surface area contributed by atoms with E-state index in [-0.39, 0.29) is 11.7 Å². The minimum atomic E-state index is -0.0497. The van der Waals surface area contributed by atoms with Gasteiger partial charge in [0.05, 0.1) is 7.11 Å². The Bertz CT molecular complexity index is 535. The van der Waals surface area contributed by atoms with E-state index in [9.17, 15) is 9.90 Å². The van der Waals surface area contributed by atoms with Gasteiger partial charge in [-0.25, -0.2) is 0 Å². The second-order valence-corrected chi connectivity index (χ2v) is 6.16. The summed E-state index contributed by atoms with van der Waals surface area (Å²) in [5.74, 6) is 0.453.